The Labute approximate surface area is 226 Å². The third-order valence-corrected chi connectivity index (χ3v) is 8.25. The Morgan fingerprint density at radius 1 is 1.10 bits per heavy atom. The average molecular weight is 558 g/mol. The van der Waals surface area contributed by atoms with E-state index in [4.69, 9.17) is 0 Å². The van der Waals surface area contributed by atoms with Gasteiger partial charge in [-0.15, -0.1) is 0 Å². The molecule has 2 aromatic carbocycles. The van der Waals surface area contributed by atoms with E-state index in [9.17, 15) is 31.9 Å². The number of piperazine rings is 1. The zero-order valence-electron chi connectivity index (χ0n) is 21.6. The van der Waals surface area contributed by atoms with Gasteiger partial charge in [0, 0.05) is 31.7 Å². The summed E-state index contributed by atoms with van der Waals surface area (Å²) in [5.41, 5.74) is 0.00406. The molecular weight excluding hydrogens is 530 g/mol. The molecule has 2 bridgehead atoms. The molecule has 3 aliphatic rings. The van der Waals surface area contributed by atoms with E-state index in [1.807, 2.05) is 0 Å². The summed E-state index contributed by atoms with van der Waals surface area (Å²) in [5, 5.41) is 6.47. The van der Waals surface area contributed by atoms with Crippen LogP contribution in [0.25, 0.3) is 10.8 Å². The molecule has 12 heteroatoms. The number of aromatic amines is 1. The SMILES string of the molecule is C[C@H]1c2ccc(C(F)(F)F)cc2CCN1C(=O)CNc1cc2cc(C(=O)N3C4CNCC3C4)[nH]c(=O)c2cc1F. The second kappa shape index (κ2) is 9.61. The fourth-order valence-electron chi connectivity index (χ4n) is 6.11. The molecule has 3 aliphatic heterocycles. The van der Waals surface area contributed by atoms with E-state index in [1.54, 1.807) is 16.7 Å². The Kier molecular flexibility index (Phi) is 6.32. The van der Waals surface area contributed by atoms with Crippen molar-refractivity contribution in [1.82, 2.24) is 20.1 Å². The number of piperidine rings is 1. The van der Waals surface area contributed by atoms with Gasteiger partial charge in [-0.25, -0.2) is 4.39 Å². The first kappa shape index (κ1) is 26.3. The summed E-state index contributed by atoms with van der Waals surface area (Å²) in [7, 11) is 0. The van der Waals surface area contributed by atoms with E-state index in [0.29, 0.717) is 29.6 Å². The number of H-pyrrole nitrogens is 1. The van der Waals surface area contributed by atoms with E-state index < -0.39 is 29.2 Å². The first-order valence-electron chi connectivity index (χ1n) is 13.1. The van der Waals surface area contributed by atoms with E-state index in [-0.39, 0.29) is 60.2 Å². The van der Waals surface area contributed by atoms with Crippen molar-refractivity contribution in [2.45, 2.75) is 44.1 Å². The molecule has 4 heterocycles. The molecule has 8 nitrogen and oxygen atoms in total. The highest BCUT2D eigenvalue weighted by Crippen LogP contribution is 2.36. The van der Waals surface area contributed by atoms with Crippen LogP contribution in [0.5, 0.6) is 0 Å². The number of fused-ring (bicyclic) bond motifs is 4. The fourth-order valence-corrected chi connectivity index (χ4v) is 6.11. The molecule has 2 fully saturated rings. The number of pyridine rings is 1. The van der Waals surface area contributed by atoms with Gasteiger partial charge in [0.25, 0.3) is 11.5 Å². The number of nitrogens with zero attached hydrogens (tertiary/aromatic N) is 2. The third kappa shape index (κ3) is 4.49. The molecule has 2 unspecified atom stereocenters. The zero-order chi connectivity index (χ0) is 28.3. The third-order valence-electron chi connectivity index (χ3n) is 8.25. The Bertz CT molecular complexity index is 1570. The minimum Gasteiger partial charge on any atom is -0.374 e. The maximum atomic E-state index is 14.9. The highest BCUT2D eigenvalue weighted by Gasteiger charge is 2.44. The minimum absolute atomic E-state index is 0.00486. The van der Waals surface area contributed by atoms with Crippen molar-refractivity contribution < 1.29 is 27.2 Å². The van der Waals surface area contributed by atoms with Gasteiger partial charge in [0.1, 0.15) is 11.5 Å². The van der Waals surface area contributed by atoms with Gasteiger partial charge in [0.15, 0.2) is 0 Å². The first-order chi connectivity index (χ1) is 19.0. The Morgan fingerprint density at radius 3 is 2.55 bits per heavy atom. The molecule has 3 N–H and O–H groups in total. The number of aromatic nitrogens is 1. The van der Waals surface area contributed by atoms with Crippen LogP contribution in [0.1, 0.15) is 46.6 Å². The molecule has 40 heavy (non-hydrogen) atoms. The number of carbonyl (C=O) groups excluding carboxylic acids is 2. The lowest BCUT2D eigenvalue weighted by Crippen LogP contribution is -2.69. The summed E-state index contributed by atoms with van der Waals surface area (Å²) in [5.74, 6) is -1.36. The van der Waals surface area contributed by atoms with E-state index >= 15 is 0 Å². The highest BCUT2D eigenvalue weighted by atomic mass is 19.4. The number of halogens is 4. The fraction of sp³-hybridized carbons (Fsp3) is 0.393. The van der Waals surface area contributed by atoms with Crippen LogP contribution >= 0.6 is 0 Å². The number of rotatable bonds is 4. The quantitative estimate of drug-likeness (QED) is 0.428. The van der Waals surface area contributed by atoms with Gasteiger partial charge < -0.3 is 25.4 Å². The van der Waals surface area contributed by atoms with Crippen molar-refractivity contribution in [3.05, 3.63) is 75.0 Å². The molecule has 0 radical (unpaired) electrons. The monoisotopic (exact) mass is 557 g/mol. The lowest BCUT2D eigenvalue weighted by molar-refractivity contribution is -0.138. The Morgan fingerprint density at radius 2 is 1.85 bits per heavy atom. The van der Waals surface area contributed by atoms with Crippen LogP contribution in [0, 0.1) is 5.82 Å². The molecule has 3 aromatic rings. The largest absolute Gasteiger partial charge is 0.416 e. The Balaban J connectivity index is 1.18. The number of benzene rings is 2. The summed E-state index contributed by atoms with van der Waals surface area (Å²) in [6.07, 6.45) is -3.25. The van der Waals surface area contributed by atoms with Gasteiger partial charge in [0.05, 0.1) is 29.2 Å². The van der Waals surface area contributed by atoms with Crippen LogP contribution in [-0.2, 0) is 17.4 Å². The van der Waals surface area contributed by atoms with Crippen molar-refractivity contribution in [3.63, 3.8) is 0 Å². The maximum Gasteiger partial charge on any atom is 0.416 e. The number of nitrogens with one attached hydrogen (secondary N) is 3. The van der Waals surface area contributed by atoms with Crippen LogP contribution in [0.3, 0.4) is 0 Å². The summed E-state index contributed by atoms with van der Waals surface area (Å²) in [4.78, 5) is 44.7. The predicted octanol–water partition coefficient (Wildman–Crippen LogP) is 3.43. The predicted molar refractivity (Wildman–Crippen MR) is 140 cm³/mol. The van der Waals surface area contributed by atoms with Crippen LogP contribution < -0.4 is 16.2 Å². The van der Waals surface area contributed by atoms with Crippen molar-refractivity contribution >= 4 is 28.3 Å². The highest BCUT2D eigenvalue weighted by molar-refractivity contribution is 5.98. The molecule has 1 aromatic heterocycles. The molecule has 0 aliphatic carbocycles. The van der Waals surface area contributed by atoms with Gasteiger partial charge >= 0.3 is 6.18 Å². The zero-order valence-corrected chi connectivity index (χ0v) is 21.6. The normalized spacial score (nSPS) is 22.1. The van der Waals surface area contributed by atoms with Crippen LogP contribution in [0.15, 0.2) is 41.2 Å². The summed E-state index contributed by atoms with van der Waals surface area (Å²) in [6.45, 7) is 3.10. The van der Waals surface area contributed by atoms with E-state index in [2.05, 4.69) is 15.6 Å². The molecular formula is C28H27F4N5O3. The number of amides is 2. The second-order valence-corrected chi connectivity index (χ2v) is 10.6. The summed E-state index contributed by atoms with van der Waals surface area (Å²) in [6, 6.07) is 7.23. The van der Waals surface area contributed by atoms with E-state index in [1.165, 1.54) is 18.2 Å². The van der Waals surface area contributed by atoms with Gasteiger partial charge in [-0.1, -0.05) is 6.07 Å². The number of alkyl halides is 3. The average Bonchev–Trinajstić information content (AvgIpc) is 2.92. The number of hydrogen-bond donors (Lipinski definition) is 3. The molecule has 2 amide bonds. The Hall–Kier alpha value is -3.93. The van der Waals surface area contributed by atoms with Gasteiger partial charge in [-0.2, -0.15) is 13.2 Å². The molecule has 0 saturated carbocycles. The maximum absolute atomic E-state index is 14.9. The van der Waals surface area contributed by atoms with Crippen LogP contribution in [-0.4, -0.2) is 64.9 Å². The minimum atomic E-state index is -4.44. The van der Waals surface area contributed by atoms with Gasteiger partial charge in [-0.05, 0) is 66.6 Å². The summed E-state index contributed by atoms with van der Waals surface area (Å²) < 4.78 is 54.2. The number of anilines is 1. The molecule has 2 saturated heterocycles. The lowest BCUT2D eigenvalue weighted by Gasteiger charge is -2.52. The van der Waals surface area contributed by atoms with Crippen molar-refractivity contribution in [2.75, 3.05) is 31.5 Å². The van der Waals surface area contributed by atoms with Gasteiger partial charge in [0.2, 0.25) is 5.91 Å². The van der Waals surface area contributed by atoms with Crippen LogP contribution in [0.4, 0.5) is 23.2 Å². The van der Waals surface area contributed by atoms with Crippen molar-refractivity contribution in [3.8, 4) is 0 Å². The molecule has 0 spiro atoms. The molecule has 6 rings (SSSR count). The van der Waals surface area contributed by atoms with Crippen LogP contribution in [0.2, 0.25) is 0 Å². The number of hydrogen-bond acceptors (Lipinski definition) is 5. The topological polar surface area (TPSA) is 97.5 Å². The first-order valence-corrected chi connectivity index (χ1v) is 13.1. The second-order valence-electron chi connectivity index (χ2n) is 10.6. The van der Waals surface area contributed by atoms with Gasteiger partial charge in [-0.3, -0.25) is 14.4 Å². The summed E-state index contributed by atoms with van der Waals surface area (Å²) >= 11 is 0. The molecule has 3 atom stereocenters. The smallest absolute Gasteiger partial charge is 0.374 e. The standard InChI is InChI=1S/C28H27F4N5O3/c1-14-20-3-2-17(28(30,31)32)6-15(20)4-5-36(14)25(38)13-34-23-7-16-8-24(35-26(39)21(16)10-22(23)29)27(40)37-18-9-19(37)12-33-11-18/h2-3,6-8,10,14,18-19,33-34H,4-5,9,11-13H2,1H3,(H,35,39)/t14-,18?,19?/m0/s1. The van der Waals surface area contributed by atoms with E-state index in [0.717, 1.165) is 24.6 Å². The number of carbonyl (C=O) groups is 2. The molecule has 210 valence electrons. The van der Waals surface area contributed by atoms with Crippen molar-refractivity contribution in [2.24, 2.45) is 0 Å². The lowest BCUT2D eigenvalue weighted by atomic mass is 9.88. The van der Waals surface area contributed by atoms with Crippen molar-refractivity contribution in [1.29, 1.82) is 0 Å².